The van der Waals surface area contributed by atoms with Crippen molar-refractivity contribution in [2.24, 2.45) is 0 Å². The molecule has 1 N–H and O–H groups in total. The molecule has 3 rings (SSSR count). The fourth-order valence-corrected chi connectivity index (χ4v) is 4.81. The van der Waals surface area contributed by atoms with Gasteiger partial charge in [-0.05, 0) is 29.9 Å². The van der Waals surface area contributed by atoms with E-state index in [1.807, 2.05) is 11.8 Å². The lowest BCUT2D eigenvalue weighted by Crippen LogP contribution is -2.49. The van der Waals surface area contributed by atoms with Gasteiger partial charge in [-0.15, -0.1) is 22.7 Å². The molecule has 0 aliphatic carbocycles. The molecular formula is C19H25N3O2S2. The van der Waals surface area contributed by atoms with Crippen LogP contribution >= 0.6 is 22.7 Å². The summed E-state index contributed by atoms with van der Waals surface area (Å²) in [7, 11) is 0. The molecule has 0 radical (unpaired) electrons. The van der Waals surface area contributed by atoms with Crippen LogP contribution in [0.5, 0.6) is 0 Å². The van der Waals surface area contributed by atoms with Crippen LogP contribution in [0.25, 0.3) is 0 Å². The maximum Gasteiger partial charge on any atom is 0.263 e. The number of amides is 2. The molecule has 3 heterocycles. The molecule has 2 aromatic heterocycles. The monoisotopic (exact) mass is 391 g/mol. The zero-order chi connectivity index (χ0) is 18.7. The maximum absolute atomic E-state index is 13.0. The quantitative estimate of drug-likeness (QED) is 0.814. The zero-order valence-corrected chi connectivity index (χ0v) is 17.1. The van der Waals surface area contributed by atoms with E-state index in [0.29, 0.717) is 23.8 Å². The molecule has 0 aromatic carbocycles. The van der Waals surface area contributed by atoms with Gasteiger partial charge in [-0.2, -0.15) is 0 Å². The van der Waals surface area contributed by atoms with E-state index in [2.05, 4.69) is 35.6 Å². The first kappa shape index (κ1) is 19.0. The highest BCUT2D eigenvalue weighted by Crippen LogP contribution is 2.25. The second-order valence-electron chi connectivity index (χ2n) is 6.91. The Balaban J connectivity index is 1.68. The Hall–Kier alpha value is -1.73. The predicted octanol–water partition coefficient (Wildman–Crippen LogP) is 3.81. The highest BCUT2D eigenvalue weighted by atomic mass is 32.1. The molecule has 0 bridgehead atoms. The molecule has 0 spiro atoms. The van der Waals surface area contributed by atoms with Gasteiger partial charge in [0.15, 0.2) is 0 Å². The molecule has 2 amide bonds. The Morgan fingerprint density at radius 3 is 2.88 bits per heavy atom. The molecule has 7 heteroatoms. The van der Waals surface area contributed by atoms with E-state index >= 15 is 0 Å². The van der Waals surface area contributed by atoms with Crippen molar-refractivity contribution in [3.05, 3.63) is 38.0 Å². The van der Waals surface area contributed by atoms with Crippen LogP contribution in [0.4, 0.5) is 0 Å². The summed E-state index contributed by atoms with van der Waals surface area (Å²) in [4.78, 5) is 33.7. The molecule has 1 atom stereocenters. The van der Waals surface area contributed by atoms with Crippen LogP contribution in [0, 0.1) is 0 Å². The third-order valence-corrected chi connectivity index (χ3v) is 6.86. The van der Waals surface area contributed by atoms with Crippen molar-refractivity contribution in [1.82, 2.24) is 15.2 Å². The minimum Gasteiger partial charge on any atom is -0.339 e. The van der Waals surface area contributed by atoms with Crippen LogP contribution in [0.2, 0.25) is 0 Å². The lowest BCUT2D eigenvalue weighted by atomic mass is 10.1. The number of hydrogen-bond donors (Lipinski definition) is 1. The van der Waals surface area contributed by atoms with E-state index in [9.17, 15) is 9.59 Å². The van der Waals surface area contributed by atoms with Gasteiger partial charge >= 0.3 is 0 Å². The summed E-state index contributed by atoms with van der Waals surface area (Å²) < 4.78 is 0. The van der Waals surface area contributed by atoms with Crippen molar-refractivity contribution < 1.29 is 9.59 Å². The van der Waals surface area contributed by atoms with Crippen molar-refractivity contribution in [3.8, 4) is 0 Å². The van der Waals surface area contributed by atoms with Crippen LogP contribution < -0.4 is 5.32 Å². The number of rotatable bonds is 6. The average molecular weight is 392 g/mol. The standard InChI is InChI=1S/C19H25N3O2S2/c1-4-5-14(21-17(23)16-10-20-18(26-16)12(2)3)19(24)22-8-6-15-13(11-22)7-9-25-15/h7,9-10,12,14H,4-6,8,11H2,1-3H3,(H,21,23). The van der Waals surface area contributed by atoms with E-state index in [0.717, 1.165) is 24.4 Å². The maximum atomic E-state index is 13.0. The molecule has 140 valence electrons. The van der Waals surface area contributed by atoms with Gasteiger partial charge in [0.05, 0.1) is 11.2 Å². The van der Waals surface area contributed by atoms with Crippen LogP contribution in [0.15, 0.2) is 17.6 Å². The first-order chi connectivity index (χ1) is 12.5. The minimum absolute atomic E-state index is 0.0191. The number of aromatic nitrogens is 1. The molecule has 0 saturated heterocycles. The Labute approximate surface area is 162 Å². The fourth-order valence-electron chi connectivity index (χ4n) is 3.09. The van der Waals surface area contributed by atoms with Gasteiger partial charge in [0, 0.05) is 23.9 Å². The highest BCUT2D eigenvalue weighted by molar-refractivity contribution is 7.13. The summed E-state index contributed by atoms with van der Waals surface area (Å²) in [5.41, 5.74) is 1.24. The molecule has 5 nitrogen and oxygen atoms in total. The first-order valence-electron chi connectivity index (χ1n) is 9.10. The van der Waals surface area contributed by atoms with Gasteiger partial charge in [-0.3, -0.25) is 9.59 Å². The van der Waals surface area contributed by atoms with Crippen molar-refractivity contribution in [1.29, 1.82) is 0 Å². The Kier molecular flexibility index (Phi) is 6.09. The second-order valence-corrected chi connectivity index (χ2v) is 8.97. The summed E-state index contributed by atoms with van der Waals surface area (Å²) in [6.07, 6.45) is 4.00. The number of nitrogens with zero attached hydrogens (tertiary/aromatic N) is 2. The van der Waals surface area contributed by atoms with Crippen molar-refractivity contribution in [2.45, 2.75) is 58.5 Å². The Bertz CT molecular complexity index is 781. The molecule has 0 fully saturated rings. The van der Waals surface area contributed by atoms with Gasteiger partial charge in [0.1, 0.15) is 10.9 Å². The van der Waals surface area contributed by atoms with Gasteiger partial charge in [-0.25, -0.2) is 4.98 Å². The Morgan fingerprint density at radius 1 is 1.38 bits per heavy atom. The summed E-state index contributed by atoms with van der Waals surface area (Å²) in [6.45, 7) is 7.51. The molecular weight excluding hydrogens is 366 g/mol. The van der Waals surface area contributed by atoms with Crippen LogP contribution in [0.1, 0.15) is 64.7 Å². The smallest absolute Gasteiger partial charge is 0.263 e. The van der Waals surface area contributed by atoms with Crippen LogP contribution in [-0.4, -0.2) is 34.3 Å². The normalized spacial score (nSPS) is 15.0. The summed E-state index contributed by atoms with van der Waals surface area (Å²) in [6, 6.07) is 1.62. The van der Waals surface area contributed by atoms with Crippen molar-refractivity contribution in [3.63, 3.8) is 0 Å². The van der Waals surface area contributed by atoms with E-state index in [4.69, 9.17) is 0 Å². The summed E-state index contributed by atoms with van der Waals surface area (Å²) in [5.74, 6) is 0.114. The first-order valence-corrected chi connectivity index (χ1v) is 10.8. The number of thiophene rings is 1. The van der Waals surface area contributed by atoms with Gasteiger partial charge in [-0.1, -0.05) is 27.2 Å². The van der Waals surface area contributed by atoms with Crippen molar-refractivity contribution in [2.75, 3.05) is 6.54 Å². The lowest BCUT2D eigenvalue weighted by Gasteiger charge is -2.30. The van der Waals surface area contributed by atoms with Gasteiger partial charge in [0.25, 0.3) is 5.91 Å². The SMILES string of the molecule is CCCC(NC(=O)c1cnc(C(C)C)s1)C(=O)N1CCc2sccc2C1. The second kappa shape index (κ2) is 8.31. The number of nitrogens with one attached hydrogen (secondary N) is 1. The number of carbonyl (C=O) groups is 2. The molecule has 26 heavy (non-hydrogen) atoms. The van der Waals surface area contributed by atoms with Crippen LogP contribution in [0.3, 0.4) is 0 Å². The van der Waals surface area contributed by atoms with Crippen LogP contribution in [-0.2, 0) is 17.8 Å². The number of carbonyl (C=O) groups excluding carboxylic acids is 2. The lowest BCUT2D eigenvalue weighted by molar-refractivity contribution is -0.134. The van der Waals surface area contributed by atoms with Gasteiger partial charge in [0.2, 0.25) is 5.91 Å². The van der Waals surface area contributed by atoms with Crippen molar-refractivity contribution >= 4 is 34.5 Å². The number of fused-ring (bicyclic) bond motifs is 1. The summed E-state index contributed by atoms with van der Waals surface area (Å²) >= 11 is 3.16. The molecule has 1 aliphatic rings. The van der Waals surface area contributed by atoms with E-state index in [1.165, 1.54) is 21.8 Å². The molecule has 1 unspecified atom stereocenters. The molecule has 0 saturated carbocycles. The van der Waals surface area contributed by atoms with E-state index in [1.54, 1.807) is 17.5 Å². The predicted molar refractivity (Wildman–Crippen MR) is 106 cm³/mol. The highest BCUT2D eigenvalue weighted by Gasteiger charge is 2.29. The topological polar surface area (TPSA) is 62.3 Å². The van der Waals surface area contributed by atoms with E-state index in [-0.39, 0.29) is 11.8 Å². The average Bonchev–Trinajstić information content (AvgIpc) is 3.29. The number of hydrogen-bond acceptors (Lipinski definition) is 5. The fraction of sp³-hybridized carbons (Fsp3) is 0.526. The van der Waals surface area contributed by atoms with Gasteiger partial charge < -0.3 is 10.2 Å². The van der Waals surface area contributed by atoms with E-state index < -0.39 is 6.04 Å². The molecule has 1 aliphatic heterocycles. The summed E-state index contributed by atoms with van der Waals surface area (Å²) in [5, 5.41) is 5.97. The third kappa shape index (κ3) is 4.15. The Morgan fingerprint density at radius 2 is 2.19 bits per heavy atom. The zero-order valence-electron chi connectivity index (χ0n) is 15.4. The third-order valence-electron chi connectivity index (χ3n) is 4.54. The largest absolute Gasteiger partial charge is 0.339 e. The molecule has 2 aromatic rings. The minimum atomic E-state index is -0.475. The number of thiazole rings is 1.